The number of carbonyl (C=O) groups excluding carboxylic acids is 1. The molecule has 1 amide bonds. The number of carbonyl (C=O) groups is 1. The van der Waals surface area contributed by atoms with Gasteiger partial charge in [0.15, 0.2) is 5.76 Å². The van der Waals surface area contributed by atoms with Crippen molar-refractivity contribution in [2.45, 2.75) is 13.2 Å². The lowest BCUT2D eigenvalue weighted by Crippen LogP contribution is -2.23. The molecule has 0 atom stereocenters. The van der Waals surface area contributed by atoms with E-state index in [0.29, 0.717) is 12.1 Å². The number of benzene rings is 3. The highest BCUT2D eigenvalue weighted by molar-refractivity contribution is 5.99. The fourth-order valence-corrected chi connectivity index (χ4v) is 3.47. The van der Waals surface area contributed by atoms with Gasteiger partial charge in [-0.3, -0.25) is 4.79 Å². The maximum Gasteiger partial charge on any atom is 0.287 e. The summed E-state index contributed by atoms with van der Waals surface area (Å²) < 4.78 is 13.5. The third kappa shape index (κ3) is 4.09. The summed E-state index contributed by atoms with van der Waals surface area (Å²) in [6.45, 7) is 0.600. The van der Waals surface area contributed by atoms with E-state index in [1.165, 1.54) is 6.33 Å². The van der Waals surface area contributed by atoms with Crippen LogP contribution in [-0.2, 0) is 13.2 Å². The first-order chi connectivity index (χ1) is 15.8. The maximum absolute atomic E-state index is 13.0. The number of nitrogens with one attached hydrogen (secondary N) is 1. The number of para-hydroxylation sites is 2. The second kappa shape index (κ2) is 8.77. The largest absolute Gasteiger partial charge is 0.489 e. The van der Waals surface area contributed by atoms with Crippen molar-refractivity contribution >= 4 is 16.9 Å². The van der Waals surface area contributed by atoms with Crippen LogP contribution in [-0.4, -0.2) is 20.7 Å². The topological polar surface area (TPSA) is 82.2 Å². The van der Waals surface area contributed by atoms with Gasteiger partial charge in [-0.25, -0.2) is 9.67 Å². The van der Waals surface area contributed by atoms with Crippen LogP contribution < -0.4 is 10.1 Å². The van der Waals surface area contributed by atoms with E-state index in [4.69, 9.17) is 9.15 Å². The molecule has 0 bridgehead atoms. The number of amides is 1. The molecule has 7 nitrogen and oxygen atoms in total. The molecule has 3 aromatic carbocycles. The number of hydrogen-bond donors (Lipinski definition) is 1. The van der Waals surface area contributed by atoms with E-state index in [9.17, 15) is 4.79 Å². The van der Waals surface area contributed by atoms with E-state index >= 15 is 0 Å². The first kappa shape index (κ1) is 19.6. The van der Waals surface area contributed by atoms with Gasteiger partial charge in [-0.05, 0) is 35.9 Å². The van der Waals surface area contributed by atoms with Crippen LogP contribution in [0.5, 0.6) is 5.75 Å². The minimum absolute atomic E-state index is 0.233. The molecular weight excluding hydrogens is 404 g/mol. The number of nitrogens with zero attached hydrogens (tertiary/aromatic N) is 3. The Hall–Kier alpha value is -4.39. The summed E-state index contributed by atoms with van der Waals surface area (Å²) in [6.07, 6.45) is 3.12. The molecular formula is C25H20N4O3. The average molecular weight is 424 g/mol. The predicted molar refractivity (Wildman–Crippen MR) is 120 cm³/mol. The number of rotatable bonds is 7. The molecule has 0 radical (unpaired) electrons. The highest BCUT2D eigenvalue weighted by atomic mass is 16.5. The Bertz CT molecular complexity index is 1330. The lowest BCUT2D eigenvalue weighted by molar-refractivity contribution is 0.0922. The van der Waals surface area contributed by atoms with E-state index in [2.05, 4.69) is 15.4 Å². The second-order valence-corrected chi connectivity index (χ2v) is 7.20. The van der Waals surface area contributed by atoms with Crippen LogP contribution in [0.2, 0.25) is 0 Å². The Morgan fingerprint density at radius 2 is 1.75 bits per heavy atom. The third-order valence-electron chi connectivity index (χ3n) is 5.10. The average Bonchev–Trinajstić information content (AvgIpc) is 3.51. The number of ether oxygens (including phenoxy) is 1. The highest BCUT2D eigenvalue weighted by Gasteiger charge is 2.21. The molecule has 2 heterocycles. The summed E-state index contributed by atoms with van der Waals surface area (Å²) in [7, 11) is 0. The SMILES string of the molecule is O=C(NCc1ccc(-n2cncn2)cc1)c1oc2ccccc2c1COc1ccccc1. The normalized spacial score (nSPS) is 10.9. The van der Waals surface area contributed by atoms with Crippen molar-refractivity contribution in [2.75, 3.05) is 0 Å². The minimum atomic E-state index is -0.284. The molecule has 0 aliphatic heterocycles. The molecule has 32 heavy (non-hydrogen) atoms. The van der Waals surface area contributed by atoms with Crippen LogP contribution in [0.3, 0.4) is 0 Å². The van der Waals surface area contributed by atoms with Crippen LogP contribution in [0.15, 0.2) is 95.9 Å². The number of aromatic nitrogens is 3. The fourth-order valence-electron chi connectivity index (χ4n) is 3.47. The van der Waals surface area contributed by atoms with Crippen molar-refractivity contribution in [3.8, 4) is 11.4 Å². The molecule has 0 saturated heterocycles. The zero-order valence-electron chi connectivity index (χ0n) is 17.1. The second-order valence-electron chi connectivity index (χ2n) is 7.20. The zero-order chi connectivity index (χ0) is 21.8. The van der Waals surface area contributed by atoms with Gasteiger partial charge in [-0.1, -0.05) is 48.5 Å². The van der Waals surface area contributed by atoms with Crippen molar-refractivity contribution in [3.05, 3.63) is 108 Å². The quantitative estimate of drug-likeness (QED) is 0.415. The first-order valence-electron chi connectivity index (χ1n) is 10.2. The number of furan rings is 1. The predicted octanol–water partition coefficient (Wildman–Crippen LogP) is 4.52. The Balaban J connectivity index is 1.32. The third-order valence-corrected chi connectivity index (χ3v) is 5.10. The Morgan fingerprint density at radius 1 is 0.969 bits per heavy atom. The van der Waals surface area contributed by atoms with Crippen LogP contribution in [0, 0.1) is 0 Å². The molecule has 158 valence electrons. The molecule has 0 fully saturated rings. The first-order valence-corrected chi connectivity index (χ1v) is 10.2. The highest BCUT2D eigenvalue weighted by Crippen LogP contribution is 2.27. The van der Waals surface area contributed by atoms with E-state index in [1.54, 1.807) is 11.0 Å². The summed E-state index contributed by atoms with van der Waals surface area (Å²) in [5.74, 6) is 0.714. The molecule has 5 rings (SSSR count). The van der Waals surface area contributed by atoms with Gasteiger partial charge in [0.2, 0.25) is 0 Å². The van der Waals surface area contributed by atoms with Crippen LogP contribution >= 0.6 is 0 Å². The van der Waals surface area contributed by atoms with Gasteiger partial charge in [0.05, 0.1) is 5.69 Å². The Morgan fingerprint density at radius 3 is 2.53 bits per heavy atom. The molecule has 7 heteroatoms. The van der Waals surface area contributed by atoms with E-state index in [1.807, 2.05) is 78.9 Å². The van der Waals surface area contributed by atoms with Gasteiger partial charge in [-0.2, -0.15) is 5.10 Å². The van der Waals surface area contributed by atoms with Crippen LogP contribution in [0.4, 0.5) is 0 Å². The molecule has 5 aromatic rings. The molecule has 0 aliphatic carbocycles. The standard InChI is InChI=1S/C25H20N4O3/c30-25(27-14-18-10-12-19(13-11-18)29-17-26-16-28-29)24-22(15-31-20-6-2-1-3-7-20)21-8-4-5-9-23(21)32-24/h1-13,16-17H,14-15H2,(H,27,30). The lowest BCUT2D eigenvalue weighted by Gasteiger charge is -2.08. The van der Waals surface area contributed by atoms with Gasteiger partial charge in [0.25, 0.3) is 5.91 Å². The van der Waals surface area contributed by atoms with E-state index < -0.39 is 0 Å². The summed E-state index contributed by atoms with van der Waals surface area (Å²) in [5.41, 5.74) is 3.24. The van der Waals surface area contributed by atoms with Crippen molar-refractivity contribution in [1.29, 1.82) is 0 Å². The molecule has 0 unspecified atom stereocenters. The molecule has 0 saturated carbocycles. The summed E-state index contributed by atoms with van der Waals surface area (Å²) >= 11 is 0. The van der Waals surface area contributed by atoms with Gasteiger partial charge in [0, 0.05) is 17.5 Å². The molecule has 1 N–H and O–H groups in total. The lowest BCUT2D eigenvalue weighted by atomic mass is 10.1. The van der Waals surface area contributed by atoms with Crippen molar-refractivity contribution < 1.29 is 13.9 Å². The zero-order valence-corrected chi connectivity index (χ0v) is 17.1. The van der Waals surface area contributed by atoms with Crippen molar-refractivity contribution in [2.24, 2.45) is 0 Å². The monoisotopic (exact) mass is 424 g/mol. The van der Waals surface area contributed by atoms with Crippen molar-refractivity contribution in [3.63, 3.8) is 0 Å². The van der Waals surface area contributed by atoms with E-state index in [-0.39, 0.29) is 18.3 Å². The Kier molecular flexibility index (Phi) is 5.36. The molecule has 0 aliphatic rings. The Labute approximate surface area is 184 Å². The smallest absolute Gasteiger partial charge is 0.287 e. The number of fused-ring (bicyclic) bond motifs is 1. The summed E-state index contributed by atoms with van der Waals surface area (Å²) in [4.78, 5) is 16.9. The van der Waals surface area contributed by atoms with Gasteiger partial charge in [0.1, 0.15) is 30.6 Å². The fraction of sp³-hybridized carbons (Fsp3) is 0.0800. The van der Waals surface area contributed by atoms with Gasteiger partial charge < -0.3 is 14.5 Å². The summed E-state index contributed by atoms with van der Waals surface area (Å²) in [5, 5.41) is 7.92. The minimum Gasteiger partial charge on any atom is -0.489 e. The van der Waals surface area contributed by atoms with Crippen LogP contribution in [0.25, 0.3) is 16.7 Å². The van der Waals surface area contributed by atoms with E-state index in [0.717, 1.165) is 28.0 Å². The number of hydrogen-bond acceptors (Lipinski definition) is 5. The van der Waals surface area contributed by atoms with Gasteiger partial charge in [-0.15, -0.1) is 0 Å². The van der Waals surface area contributed by atoms with Crippen molar-refractivity contribution in [1.82, 2.24) is 20.1 Å². The maximum atomic E-state index is 13.0. The summed E-state index contributed by atoms with van der Waals surface area (Å²) in [6, 6.07) is 24.8. The molecule has 0 spiro atoms. The van der Waals surface area contributed by atoms with Gasteiger partial charge >= 0.3 is 0 Å². The van der Waals surface area contributed by atoms with Crippen LogP contribution in [0.1, 0.15) is 21.7 Å². The molecule has 2 aromatic heterocycles.